The minimum Gasteiger partial charge on any atom is -0.483 e. The van der Waals surface area contributed by atoms with Crippen molar-refractivity contribution in [1.82, 2.24) is 5.16 Å². The molecule has 134 valence electrons. The number of rotatable bonds is 5. The molecule has 3 rings (SSSR count). The van der Waals surface area contributed by atoms with Gasteiger partial charge in [0.2, 0.25) is 5.88 Å². The first-order valence-corrected chi connectivity index (χ1v) is 7.85. The molecule has 1 aromatic heterocycles. The Morgan fingerprint density at radius 3 is 2.54 bits per heavy atom. The first kappa shape index (κ1) is 17.6. The summed E-state index contributed by atoms with van der Waals surface area (Å²) >= 11 is 0. The molecule has 3 aromatic rings. The number of anilines is 1. The van der Waals surface area contributed by atoms with Crippen LogP contribution in [0.5, 0.6) is 5.75 Å². The average molecular weight is 358 g/mol. The molecule has 1 heterocycles. The lowest BCUT2D eigenvalue weighted by Crippen LogP contribution is -2.20. The standard InChI is InChI=1S/C19H16F2N2O3/c1-11-4-3-5-12(2)19(11)25-10-17(24)22-18-9-16(23-26-18)13-6-7-14(20)15(21)8-13/h3-9H,10H2,1-2H3,(H,22,24). The first-order chi connectivity index (χ1) is 12.4. The highest BCUT2D eigenvalue weighted by molar-refractivity contribution is 5.91. The Morgan fingerprint density at radius 2 is 1.85 bits per heavy atom. The van der Waals surface area contributed by atoms with E-state index in [2.05, 4.69) is 10.5 Å². The highest BCUT2D eigenvalue weighted by Gasteiger charge is 2.13. The van der Waals surface area contributed by atoms with Gasteiger partial charge in [-0.2, -0.15) is 0 Å². The zero-order valence-electron chi connectivity index (χ0n) is 14.2. The topological polar surface area (TPSA) is 64.4 Å². The van der Waals surface area contributed by atoms with Crippen LogP contribution in [0.25, 0.3) is 11.3 Å². The predicted molar refractivity (Wildman–Crippen MR) is 91.9 cm³/mol. The van der Waals surface area contributed by atoms with E-state index >= 15 is 0 Å². The van der Waals surface area contributed by atoms with Crippen LogP contribution in [0.15, 0.2) is 47.0 Å². The zero-order chi connectivity index (χ0) is 18.7. The van der Waals surface area contributed by atoms with Crippen LogP contribution in [0.2, 0.25) is 0 Å². The second-order valence-electron chi connectivity index (χ2n) is 5.76. The average Bonchev–Trinajstić information content (AvgIpc) is 3.05. The van der Waals surface area contributed by atoms with E-state index in [1.54, 1.807) is 0 Å². The van der Waals surface area contributed by atoms with Gasteiger partial charge in [-0.1, -0.05) is 23.4 Å². The van der Waals surface area contributed by atoms with Crippen LogP contribution in [-0.2, 0) is 4.79 Å². The van der Waals surface area contributed by atoms with E-state index in [0.29, 0.717) is 11.3 Å². The number of aryl methyl sites for hydroxylation is 2. The summed E-state index contributed by atoms with van der Waals surface area (Å²) in [5.41, 5.74) is 2.46. The molecule has 0 aliphatic carbocycles. The van der Waals surface area contributed by atoms with Gasteiger partial charge in [0.15, 0.2) is 18.2 Å². The molecule has 0 spiro atoms. The molecule has 1 N–H and O–H groups in total. The van der Waals surface area contributed by atoms with Gasteiger partial charge in [-0.05, 0) is 43.2 Å². The monoisotopic (exact) mass is 358 g/mol. The molecule has 7 heteroatoms. The number of hydrogen-bond donors (Lipinski definition) is 1. The molecule has 0 saturated carbocycles. The fourth-order valence-electron chi connectivity index (χ4n) is 2.46. The van der Waals surface area contributed by atoms with Crippen LogP contribution in [0.4, 0.5) is 14.7 Å². The second-order valence-corrected chi connectivity index (χ2v) is 5.76. The number of aromatic nitrogens is 1. The van der Waals surface area contributed by atoms with Crippen molar-refractivity contribution in [3.63, 3.8) is 0 Å². The Hall–Kier alpha value is -3.22. The van der Waals surface area contributed by atoms with Crippen LogP contribution < -0.4 is 10.1 Å². The highest BCUT2D eigenvalue weighted by Crippen LogP contribution is 2.24. The summed E-state index contributed by atoms with van der Waals surface area (Å²) in [7, 11) is 0. The Labute approximate surface area is 148 Å². The SMILES string of the molecule is Cc1cccc(C)c1OCC(=O)Nc1cc(-c2ccc(F)c(F)c2)no1. The number of halogens is 2. The maximum atomic E-state index is 13.3. The number of benzene rings is 2. The van der Waals surface area contributed by atoms with E-state index in [9.17, 15) is 13.6 Å². The van der Waals surface area contributed by atoms with Gasteiger partial charge in [-0.15, -0.1) is 0 Å². The summed E-state index contributed by atoms with van der Waals surface area (Å²) in [6, 6.07) is 10.5. The Bertz CT molecular complexity index is 933. The van der Waals surface area contributed by atoms with Crippen LogP contribution in [0.1, 0.15) is 11.1 Å². The van der Waals surface area contributed by atoms with E-state index in [0.717, 1.165) is 23.3 Å². The van der Waals surface area contributed by atoms with Crippen molar-refractivity contribution < 1.29 is 22.8 Å². The predicted octanol–water partition coefficient (Wildman–Crippen LogP) is 4.25. The number of nitrogens with one attached hydrogen (secondary N) is 1. The molecule has 0 fully saturated rings. The lowest BCUT2D eigenvalue weighted by Gasteiger charge is -2.11. The lowest BCUT2D eigenvalue weighted by atomic mass is 10.1. The summed E-state index contributed by atoms with van der Waals surface area (Å²) < 4.78 is 36.8. The van der Waals surface area contributed by atoms with E-state index < -0.39 is 17.5 Å². The molecule has 0 radical (unpaired) electrons. The molecule has 0 unspecified atom stereocenters. The van der Waals surface area contributed by atoms with Gasteiger partial charge in [0.05, 0.1) is 0 Å². The van der Waals surface area contributed by atoms with Crippen LogP contribution in [-0.4, -0.2) is 17.7 Å². The number of carbonyl (C=O) groups is 1. The first-order valence-electron chi connectivity index (χ1n) is 7.85. The minimum atomic E-state index is -0.988. The summed E-state index contributed by atoms with van der Waals surface area (Å²) in [6.45, 7) is 3.59. The number of ether oxygens (including phenoxy) is 1. The summed E-state index contributed by atoms with van der Waals surface area (Å²) in [4.78, 5) is 12.0. The van der Waals surface area contributed by atoms with Crippen LogP contribution >= 0.6 is 0 Å². The third-order valence-electron chi connectivity index (χ3n) is 3.74. The lowest BCUT2D eigenvalue weighted by molar-refractivity contribution is -0.118. The van der Waals surface area contributed by atoms with Crippen molar-refractivity contribution in [2.45, 2.75) is 13.8 Å². The third kappa shape index (κ3) is 3.88. The molecule has 0 aliphatic rings. The van der Waals surface area contributed by atoms with E-state index in [1.165, 1.54) is 12.1 Å². The summed E-state index contributed by atoms with van der Waals surface area (Å²) in [5.74, 6) is -1.63. The van der Waals surface area contributed by atoms with Crippen molar-refractivity contribution >= 4 is 11.8 Å². The Balaban J connectivity index is 1.63. The van der Waals surface area contributed by atoms with Crippen molar-refractivity contribution in [3.8, 4) is 17.0 Å². The highest BCUT2D eigenvalue weighted by atomic mass is 19.2. The van der Waals surface area contributed by atoms with Gasteiger partial charge in [0.25, 0.3) is 5.91 Å². The van der Waals surface area contributed by atoms with Gasteiger partial charge in [0.1, 0.15) is 11.4 Å². The fourth-order valence-corrected chi connectivity index (χ4v) is 2.46. The van der Waals surface area contributed by atoms with Crippen molar-refractivity contribution in [1.29, 1.82) is 0 Å². The van der Waals surface area contributed by atoms with Crippen molar-refractivity contribution in [2.75, 3.05) is 11.9 Å². The molecule has 26 heavy (non-hydrogen) atoms. The van der Waals surface area contributed by atoms with E-state index in [1.807, 2.05) is 32.0 Å². The Morgan fingerprint density at radius 1 is 1.12 bits per heavy atom. The molecule has 1 amide bonds. The normalized spacial score (nSPS) is 10.6. The van der Waals surface area contributed by atoms with Gasteiger partial charge < -0.3 is 9.26 Å². The van der Waals surface area contributed by atoms with Crippen molar-refractivity contribution in [3.05, 3.63) is 65.2 Å². The minimum absolute atomic E-state index is 0.0832. The number of hydrogen-bond acceptors (Lipinski definition) is 4. The van der Waals surface area contributed by atoms with Gasteiger partial charge >= 0.3 is 0 Å². The second kappa shape index (κ2) is 7.35. The molecule has 2 aromatic carbocycles. The molecule has 0 aliphatic heterocycles. The van der Waals surface area contributed by atoms with Crippen molar-refractivity contribution in [2.24, 2.45) is 0 Å². The van der Waals surface area contributed by atoms with Gasteiger partial charge in [-0.3, -0.25) is 10.1 Å². The molecular formula is C19H16F2N2O3. The summed E-state index contributed by atoms with van der Waals surface area (Å²) in [5, 5.41) is 6.24. The Kier molecular flexibility index (Phi) is 4.97. The van der Waals surface area contributed by atoms with E-state index in [4.69, 9.17) is 9.26 Å². The number of carbonyl (C=O) groups excluding carboxylic acids is 1. The summed E-state index contributed by atoms with van der Waals surface area (Å²) in [6.07, 6.45) is 0. The largest absolute Gasteiger partial charge is 0.483 e. The molecular weight excluding hydrogens is 342 g/mol. The van der Waals surface area contributed by atoms with Crippen LogP contribution in [0, 0.1) is 25.5 Å². The third-order valence-corrected chi connectivity index (χ3v) is 3.74. The number of amides is 1. The number of nitrogens with zero attached hydrogens (tertiary/aromatic N) is 1. The maximum Gasteiger partial charge on any atom is 0.264 e. The van der Waals surface area contributed by atoms with Crippen LogP contribution in [0.3, 0.4) is 0 Å². The van der Waals surface area contributed by atoms with Gasteiger partial charge in [0, 0.05) is 11.6 Å². The zero-order valence-corrected chi connectivity index (χ0v) is 14.2. The van der Waals surface area contributed by atoms with E-state index in [-0.39, 0.29) is 18.2 Å². The van der Waals surface area contributed by atoms with Gasteiger partial charge in [-0.25, -0.2) is 8.78 Å². The maximum absolute atomic E-state index is 13.3. The molecule has 0 atom stereocenters. The molecule has 0 bridgehead atoms. The quantitative estimate of drug-likeness (QED) is 0.740. The fraction of sp³-hybridized carbons (Fsp3) is 0.158. The molecule has 5 nitrogen and oxygen atoms in total. The smallest absolute Gasteiger partial charge is 0.264 e. The molecule has 0 saturated heterocycles. The number of para-hydroxylation sites is 1.